The van der Waals surface area contributed by atoms with E-state index < -0.39 is 0 Å². The fourth-order valence-corrected chi connectivity index (χ4v) is 2.05. The first-order valence-electron chi connectivity index (χ1n) is 6.36. The zero-order chi connectivity index (χ0) is 12.3. The highest BCUT2D eigenvalue weighted by Crippen LogP contribution is 2.27. The lowest BCUT2D eigenvalue weighted by Crippen LogP contribution is -2.43. The molecular weight excluding hydrogens is 212 g/mol. The summed E-state index contributed by atoms with van der Waals surface area (Å²) in [6.07, 6.45) is 4.18. The van der Waals surface area contributed by atoms with Gasteiger partial charge < -0.3 is 10.5 Å². The van der Waals surface area contributed by atoms with Gasteiger partial charge in [0.1, 0.15) is 11.9 Å². The van der Waals surface area contributed by atoms with Crippen LogP contribution in [0.3, 0.4) is 0 Å². The van der Waals surface area contributed by atoms with Gasteiger partial charge in [0.2, 0.25) is 0 Å². The van der Waals surface area contributed by atoms with E-state index in [4.69, 9.17) is 10.5 Å². The Morgan fingerprint density at radius 1 is 1.29 bits per heavy atom. The second kappa shape index (κ2) is 5.32. The normalized spacial score (nSPS) is 24.4. The molecule has 92 valence electrons. The molecule has 0 amide bonds. The topological polar surface area (TPSA) is 47.6 Å². The van der Waals surface area contributed by atoms with Gasteiger partial charge in [-0.3, -0.25) is 4.99 Å². The molecule has 1 aliphatic carbocycles. The molecule has 1 aromatic carbocycles. The molecule has 2 N–H and O–H groups in total. The van der Waals surface area contributed by atoms with Crippen molar-refractivity contribution in [3.63, 3.8) is 0 Å². The largest absolute Gasteiger partial charge is 0.490 e. The van der Waals surface area contributed by atoms with Gasteiger partial charge in [-0.1, -0.05) is 19.9 Å². The Hall–Kier alpha value is -1.35. The van der Waals surface area contributed by atoms with Crippen molar-refractivity contribution in [2.24, 2.45) is 10.7 Å². The monoisotopic (exact) mass is 232 g/mol. The van der Waals surface area contributed by atoms with Crippen molar-refractivity contribution in [3.05, 3.63) is 29.3 Å². The Labute approximate surface area is 103 Å². The van der Waals surface area contributed by atoms with E-state index in [1.54, 1.807) is 0 Å². The molecule has 3 heteroatoms. The number of benzene rings is 1. The third kappa shape index (κ3) is 2.67. The lowest BCUT2D eigenvalue weighted by Gasteiger charge is -2.32. The number of rotatable bonds is 2. The van der Waals surface area contributed by atoms with E-state index in [-0.39, 0.29) is 0 Å². The number of nitrogens with zero attached hydrogens (tertiary/aromatic N) is 1. The summed E-state index contributed by atoms with van der Waals surface area (Å²) in [5.41, 5.74) is 8.19. The van der Waals surface area contributed by atoms with Crippen LogP contribution >= 0.6 is 0 Å². The molecule has 17 heavy (non-hydrogen) atoms. The van der Waals surface area contributed by atoms with Crippen LogP contribution in [0.25, 0.3) is 0 Å². The summed E-state index contributed by atoms with van der Waals surface area (Å²) in [4.78, 5) is 4.22. The Kier molecular flexibility index (Phi) is 3.79. The summed E-state index contributed by atoms with van der Waals surface area (Å²) in [5, 5.41) is 0. The molecular formula is C14H20N2O. The zero-order valence-corrected chi connectivity index (χ0v) is 10.5. The number of aliphatic imine (C=N–C) groups is 1. The molecule has 0 unspecified atom stereocenters. The lowest BCUT2D eigenvalue weighted by atomic mass is 9.90. The minimum atomic E-state index is 0.316. The van der Waals surface area contributed by atoms with Crippen LogP contribution in [0.15, 0.2) is 23.2 Å². The third-order valence-electron chi connectivity index (χ3n) is 3.04. The Morgan fingerprint density at radius 3 is 2.76 bits per heavy atom. The maximum absolute atomic E-state index is 5.80. The summed E-state index contributed by atoms with van der Waals surface area (Å²) >= 11 is 0. The fourth-order valence-electron chi connectivity index (χ4n) is 2.05. The molecule has 1 saturated carbocycles. The van der Waals surface area contributed by atoms with Crippen molar-refractivity contribution in [3.8, 4) is 5.75 Å². The molecule has 3 rings (SSSR count). The fraction of sp³-hybridized carbons (Fsp3) is 0.500. The maximum atomic E-state index is 5.80. The number of hydrogen-bond acceptors (Lipinski definition) is 3. The first-order valence-corrected chi connectivity index (χ1v) is 6.36. The van der Waals surface area contributed by atoms with E-state index in [0.717, 1.165) is 25.1 Å². The highest BCUT2D eigenvalue weighted by Gasteiger charge is 2.27. The van der Waals surface area contributed by atoms with Gasteiger partial charge >= 0.3 is 0 Å². The van der Waals surface area contributed by atoms with Crippen molar-refractivity contribution < 1.29 is 4.74 Å². The van der Waals surface area contributed by atoms with Crippen LogP contribution in [0.5, 0.6) is 5.75 Å². The van der Waals surface area contributed by atoms with Crippen LogP contribution in [0.1, 0.15) is 37.8 Å². The highest BCUT2D eigenvalue weighted by molar-refractivity contribution is 5.84. The van der Waals surface area contributed by atoms with Crippen molar-refractivity contribution in [2.45, 2.75) is 45.4 Å². The average molecular weight is 232 g/mol. The van der Waals surface area contributed by atoms with Crippen molar-refractivity contribution in [1.82, 2.24) is 0 Å². The van der Waals surface area contributed by atoms with Gasteiger partial charge in [-0.25, -0.2) is 0 Å². The number of ether oxygens (including phenoxy) is 1. The summed E-state index contributed by atoms with van der Waals surface area (Å²) in [7, 11) is 0. The number of nitrogens with two attached hydrogens (primary N) is 1. The van der Waals surface area contributed by atoms with Crippen molar-refractivity contribution >= 4 is 6.21 Å². The maximum Gasteiger partial charge on any atom is 0.120 e. The molecule has 3 nitrogen and oxygen atoms in total. The number of fused-ring (bicyclic) bond motifs is 1. The molecule has 0 bridgehead atoms. The Bertz CT molecular complexity index is 409. The van der Waals surface area contributed by atoms with E-state index >= 15 is 0 Å². The third-order valence-corrected chi connectivity index (χ3v) is 3.04. The summed E-state index contributed by atoms with van der Waals surface area (Å²) in [5.74, 6) is 0.944. The molecule has 1 heterocycles. The minimum Gasteiger partial charge on any atom is -0.490 e. The first-order chi connectivity index (χ1) is 8.31. The molecule has 0 radical (unpaired) electrons. The van der Waals surface area contributed by atoms with Crippen LogP contribution < -0.4 is 10.5 Å². The standard InChI is InChI=1S/C12H14N2O.C2H6/c13-10-4-12(5-10)15-11-2-1-8-6-14-7-9(8)3-11;1-2/h1-3,7,10,12H,4-6,13H2;1-2H3. The van der Waals surface area contributed by atoms with Gasteiger partial charge in [0.15, 0.2) is 0 Å². The van der Waals surface area contributed by atoms with E-state index in [2.05, 4.69) is 17.1 Å². The molecule has 0 aromatic heterocycles. The molecule has 1 aliphatic heterocycles. The second-order valence-corrected chi connectivity index (χ2v) is 4.30. The quantitative estimate of drug-likeness (QED) is 0.851. The van der Waals surface area contributed by atoms with Crippen molar-refractivity contribution in [2.75, 3.05) is 0 Å². The molecule has 1 fully saturated rings. The molecule has 0 spiro atoms. The van der Waals surface area contributed by atoms with Crippen LogP contribution in [0.2, 0.25) is 0 Å². The van der Waals surface area contributed by atoms with Gasteiger partial charge in [0, 0.05) is 17.8 Å². The lowest BCUT2D eigenvalue weighted by molar-refractivity contribution is 0.101. The Morgan fingerprint density at radius 2 is 2.06 bits per heavy atom. The molecule has 0 atom stereocenters. The molecule has 1 aromatic rings. The van der Waals surface area contributed by atoms with E-state index in [9.17, 15) is 0 Å². The summed E-state index contributed by atoms with van der Waals surface area (Å²) in [6.45, 7) is 4.81. The second-order valence-electron chi connectivity index (χ2n) is 4.30. The van der Waals surface area contributed by atoms with Crippen molar-refractivity contribution in [1.29, 1.82) is 0 Å². The van der Waals surface area contributed by atoms with Crippen LogP contribution in [-0.4, -0.2) is 18.4 Å². The molecule has 0 saturated heterocycles. The predicted octanol–water partition coefficient (Wildman–Crippen LogP) is 2.51. The van der Waals surface area contributed by atoms with Gasteiger partial charge in [0.05, 0.1) is 6.54 Å². The number of hydrogen-bond donors (Lipinski definition) is 1. The SMILES string of the molecule is CC.NC1CC(Oc2ccc3c(c2)C=NC3)C1. The van der Waals surface area contributed by atoms with Gasteiger partial charge in [-0.15, -0.1) is 0 Å². The van der Waals surface area contributed by atoms with Crippen LogP contribution in [0, 0.1) is 0 Å². The highest BCUT2D eigenvalue weighted by atomic mass is 16.5. The van der Waals surface area contributed by atoms with Gasteiger partial charge in [-0.2, -0.15) is 0 Å². The van der Waals surface area contributed by atoms with Crippen LogP contribution in [-0.2, 0) is 6.54 Å². The Balaban J connectivity index is 0.000000514. The molecule has 2 aliphatic rings. The minimum absolute atomic E-state index is 0.316. The van der Waals surface area contributed by atoms with Crippen LogP contribution in [0.4, 0.5) is 0 Å². The van der Waals surface area contributed by atoms with E-state index in [0.29, 0.717) is 12.1 Å². The van der Waals surface area contributed by atoms with Gasteiger partial charge in [0.25, 0.3) is 0 Å². The predicted molar refractivity (Wildman–Crippen MR) is 70.7 cm³/mol. The summed E-state index contributed by atoms with van der Waals surface area (Å²) in [6, 6.07) is 6.52. The first kappa shape index (κ1) is 12.1. The van der Waals surface area contributed by atoms with Gasteiger partial charge in [-0.05, 0) is 30.5 Å². The zero-order valence-electron chi connectivity index (χ0n) is 10.5. The smallest absolute Gasteiger partial charge is 0.120 e. The summed E-state index contributed by atoms with van der Waals surface area (Å²) < 4.78 is 5.80. The average Bonchev–Trinajstić information content (AvgIpc) is 2.77. The van der Waals surface area contributed by atoms with E-state index in [1.165, 1.54) is 11.1 Å². The van der Waals surface area contributed by atoms with E-state index in [1.807, 2.05) is 26.1 Å².